The standard InChI is InChI=1S/C133H246O16/c1-18-23-28-33-38-43-48-53-58-59-61-65-70-75-80-83-88-93-108(7)98-112(11)102-116(15)129(139)146-124-119(105-134)143-132(126(123(124)137)148-131(141)118(17)104-114(13)100-110(9)95-90-85-79-74-69-64-57-52-47-42-37-32-27-22-5)149-133-127(145-121(135)96-91-86-81-76-71-66-60-54-49-44-39-34-29-24-19-2)125(147-130(140)117(16)103-113(12)99-109(8)94-89-84-78-73-68-63-56-51-46-41-36-31-26-21-4)122(136)120(144-133)106-142-128(138)115(14)101-111(10)97-107(6)92-87-82-77-72-67-62-55-50-45-40-35-30-25-20-3/h101-104,107-114,119-120,122-127,132-134,136-137H,18-100,105-106H2,1-17H3/b115-101+,116-102+,117-103+,118-104+/t107-,108-,109-,110-,111-,112-,113-,114-,119?,120?,122+,123?,124+,125?,126-,127+,132+,133+/m0/s1. The number of carbonyl (C=O) groups is 5. The Labute approximate surface area is 920 Å². The van der Waals surface area contributed by atoms with Crippen molar-refractivity contribution in [2.75, 3.05) is 13.2 Å². The number of esters is 5. The average molecular weight is 2100 g/mol. The fraction of sp³-hybridized carbons (Fsp3) is 0.902. The maximum atomic E-state index is 15.1. The second kappa shape index (κ2) is 97.3. The van der Waals surface area contributed by atoms with Crippen molar-refractivity contribution in [2.24, 2.45) is 47.3 Å². The fourth-order valence-electron chi connectivity index (χ4n) is 23.3. The number of hydrogen-bond donors (Lipinski definition) is 3. The van der Waals surface area contributed by atoms with E-state index in [1.165, 1.54) is 417 Å². The van der Waals surface area contributed by atoms with Crippen LogP contribution in [0.5, 0.6) is 0 Å². The van der Waals surface area contributed by atoms with Gasteiger partial charge >= 0.3 is 29.8 Å². The van der Waals surface area contributed by atoms with Crippen LogP contribution in [0.25, 0.3) is 0 Å². The molecule has 0 amide bonds. The van der Waals surface area contributed by atoms with E-state index >= 15 is 9.59 Å². The molecule has 0 radical (unpaired) electrons. The molecule has 0 aromatic rings. The Morgan fingerprint density at radius 2 is 0.456 bits per heavy atom. The van der Waals surface area contributed by atoms with Crippen LogP contribution in [0.2, 0.25) is 0 Å². The second-order valence-electron chi connectivity index (χ2n) is 48.5. The fourth-order valence-corrected chi connectivity index (χ4v) is 23.3. The van der Waals surface area contributed by atoms with Gasteiger partial charge < -0.3 is 53.2 Å². The van der Waals surface area contributed by atoms with Crippen LogP contribution >= 0.6 is 0 Å². The summed E-state index contributed by atoms with van der Waals surface area (Å²) in [5.74, 6) is -2.16. The van der Waals surface area contributed by atoms with Gasteiger partial charge in [-0.05, 0) is 107 Å². The molecule has 3 N–H and O–H groups in total. The van der Waals surface area contributed by atoms with Crippen molar-refractivity contribution in [2.45, 2.75) is 712 Å². The highest BCUT2D eigenvalue weighted by molar-refractivity contribution is 5.89. The third kappa shape index (κ3) is 76.4. The van der Waals surface area contributed by atoms with Gasteiger partial charge in [-0.1, -0.05) is 609 Å². The third-order valence-corrected chi connectivity index (χ3v) is 32.5. The molecule has 2 heterocycles. The summed E-state index contributed by atoms with van der Waals surface area (Å²) in [6, 6.07) is 0. The SMILES string of the molecule is CCCCCCCCCCCCCCCCCCC[C@H](C)C[C@H](C)/C=C(\C)C(=O)O[C@@H]1C(CO)O[C@H](O[C@H]2OC(COC(=O)/C(C)=C/[C@@H](C)C[C@@H](C)CCCCCCCCCCCCCCCC)[C@@H](O)C(OC(=O)/C(C)=C/[C@@H](C)C[C@@H](C)CCCCCCCCCCCCCCCC)[C@H]2OC(=O)CCCCCCCCCCCCCCCCC)[C@@H](OC(=O)/C(C)=C/[C@@H](C)C[C@@H](C)CCCCCCCCCCCCCCCC)C1O. The van der Waals surface area contributed by atoms with E-state index in [0.717, 1.165) is 103 Å². The maximum Gasteiger partial charge on any atom is 0.333 e. The molecule has 149 heavy (non-hydrogen) atoms. The van der Waals surface area contributed by atoms with Crippen LogP contribution in [-0.2, 0) is 61.9 Å². The molecule has 0 aromatic heterocycles. The first-order chi connectivity index (χ1) is 72.2. The Bertz CT molecular complexity index is 3250. The Morgan fingerprint density at radius 3 is 0.705 bits per heavy atom. The number of hydrogen-bond acceptors (Lipinski definition) is 16. The number of ether oxygens (including phenoxy) is 8. The molecule has 0 spiro atoms. The molecule has 18 atom stereocenters. The third-order valence-electron chi connectivity index (χ3n) is 32.5. The van der Waals surface area contributed by atoms with Gasteiger partial charge in [0.05, 0.1) is 6.61 Å². The van der Waals surface area contributed by atoms with E-state index in [0.29, 0.717) is 41.2 Å². The van der Waals surface area contributed by atoms with Crippen LogP contribution in [0.3, 0.4) is 0 Å². The predicted octanol–water partition coefficient (Wildman–Crippen LogP) is 38.7. The zero-order chi connectivity index (χ0) is 109. The molecule has 16 heteroatoms. The zero-order valence-electron chi connectivity index (χ0n) is 101. The molecule has 0 bridgehead atoms. The number of aliphatic hydroxyl groups excluding tert-OH is 3. The minimum atomic E-state index is -1.92. The second-order valence-corrected chi connectivity index (χ2v) is 48.5. The maximum absolute atomic E-state index is 15.1. The van der Waals surface area contributed by atoms with E-state index in [1.54, 1.807) is 27.7 Å². The summed E-state index contributed by atoms with van der Waals surface area (Å²) in [6.07, 6.45) is 92.2. The van der Waals surface area contributed by atoms with Crippen LogP contribution in [0.4, 0.5) is 0 Å². The lowest BCUT2D eigenvalue weighted by molar-refractivity contribution is -0.377. The van der Waals surface area contributed by atoms with E-state index in [-0.39, 0.29) is 41.2 Å². The molecule has 0 aliphatic carbocycles. The van der Waals surface area contributed by atoms with Crippen molar-refractivity contribution in [3.8, 4) is 0 Å². The summed E-state index contributed by atoms with van der Waals surface area (Å²) in [7, 11) is 0. The molecule has 2 fully saturated rings. The van der Waals surface area contributed by atoms with Crippen molar-refractivity contribution in [1.29, 1.82) is 0 Å². The van der Waals surface area contributed by atoms with Gasteiger partial charge in [-0.3, -0.25) is 4.79 Å². The quantitative estimate of drug-likeness (QED) is 0.0223. The van der Waals surface area contributed by atoms with Crippen molar-refractivity contribution in [3.63, 3.8) is 0 Å². The minimum absolute atomic E-state index is 0.00191. The van der Waals surface area contributed by atoms with Crippen molar-refractivity contribution >= 4 is 29.8 Å². The number of carbonyl (C=O) groups excluding carboxylic acids is 5. The first-order valence-electron chi connectivity index (χ1n) is 64.9. The minimum Gasteiger partial charge on any atom is -0.459 e. The van der Waals surface area contributed by atoms with Crippen molar-refractivity contribution in [3.05, 3.63) is 46.6 Å². The van der Waals surface area contributed by atoms with Crippen LogP contribution < -0.4 is 0 Å². The van der Waals surface area contributed by atoms with Gasteiger partial charge in [-0.2, -0.15) is 0 Å². The molecule has 874 valence electrons. The summed E-state index contributed by atoms with van der Waals surface area (Å²) < 4.78 is 52.3. The summed E-state index contributed by atoms with van der Waals surface area (Å²) >= 11 is 0. The van der Waals surface area contributed by atoms with Gasteiger partial charge in [-0.25, -0.2) is 19.2 Å². The molecule has 4 unspecified atom stereocenters. The van der Waals surface area contributed by atoms with E-state index in [2.05, 4.69) is 90.0 Å². The average Bonchev–Trinajstić information content (AvgIpc) is 0.768. The Kier molecular flexibility index (Phi) is 92.2. The Morgan fingerprint density at radius 1 is 0.248 bits per heavy atom. The van der Waals surface area contributed by atoms with Gasteiger partial charge in [0, 0.05) is 28.7 Å². The first kappa shape index (κ1) is 141. The van der Waals surface area contributed by atoms with E-state index in [4.69, 9.17) is 37.9 Å². The molecular weight excluding hydrogens is 1850 g/mol. The molecule has 0 aromatic carbocycles. The van der Waals surface area contributed by atoms with Gasteiger partial charge in [0.1, 0.15) is 31.0 Å². The van der Waals surface area contributed by atoms with Gasteiger partial charge in [0.25, 0.3) is 0 Å². The van der Waals surface area contributed by atoms with Crippen LogP contribution in [0, 0.1) is 47.3 Å². The molecular formula is C133H246O16. The highest BCUT2D eigenvalue weighted by Crippen LogP contribution is 2.38. The number of rotatable bonds is 104. The molecule has 0 saturated carbocycles. The summed E-state index contributed by atoms with van der Waals surface area (Å²) in [5.41, 5.74) is 1.18. The van der Waals surface area contributed by atoms with E-state index in [1.807, 2.05) is 24.3 Å². The van der Waals surface area contributed by atoms with E-state index in [9.17, 15) is 29.7 Å². The lowest BCUT2D eigenvalue weighted by atomic mass is 9.91. The summed E-state index contributed by atoms with van der Waals surface area (Å²) in [5, 5.41) is 37.6. The first-order valence-corrected chi connectivity index (χ1v) is 64.9. The van der Waals surface area contributed by atoms with Gasteiger partial charge in [0.15, 0.2) is 24.4 Å². The highest BCUT2D eigenvalue weighted by Gasteiger charge is 2.56. The molecule has 16 nitrogen and oxygen atoms in total. The molecule has 2 rings (SSSR count). The molecule has 2 aliphatic rings. The normalized spacial score (nSPS) is 20.1. The van der Waals surface area contributed by atoms with Gasteiger partial charge in [-0.15, -0.1) is 0 Å². The topological polar surface area (TPSA) is 220 Å². The number of unbranched alkanes of at least 4 members (excludes halogenated alkanes) is 69. The largest absolute Gasteiger partial charge is 0.459 e. The molecule has 2 saturated heterocycles. The zero-order valence-corrected chi connectivity index (χ0v) is 101. The smallest absolute Gasteiger partial charge is 0.333 e. The van der Waals surface area contributed by atoms with Crippen LogP contribution in [0.1, 0.15) is 651 Å². The monoisotopic (exact) mass is 2100 g/mol. The van der Waals surface area contributed by atoms with Crippen molar-refractivity contribution in [1.82, 2.24) is 0 Å². The van der Waals surface area contributed by atoms with Crippen LogP contribution in [-0.4, -0.2) is 120 Å². The highest BCUT2D eigenvalue weighted by atomic mass is 16.8. The van der Waals surface area contributed by atoms with Gasteiger partial charge in [0.2, 0.25) is 12.6 Å². The number of aliphatic hydroxyl groups is 3. The van der Waals surface area contributed by atoms with E-state index < -0.39 is 104 Å². The van der Waals surface area contributed by atoms with Crippen LogP contribution in [0.15, 0.2) is 46.6 Å². The lowest BCUT2D eigenvalue weighted by Crippen LogP contribution is -2.66. The lowest BCUT2D eigenvalue weighted by Gasteiger charge is -2.47. The summed E-state index contributed by atoms with van der Waals surface area (Å²) in [6.45, 7) is 34.2. The Hall–Kier alpha value is -3.93. The summed E-state index contributed by atoms with van der Waals surface area (Å²) in [4.78, 5) is 74.2. The molecule has 2 aliphatic heterocycles. The predicted molar refractivity (Wildman–Crippen MR) is 628 cm³/mol. The number of allylic oxidation sites excluding steroid dienone is 4. The van der Waals surface area contributed by atoms with Crippen molar-refractivity contribution < 1.29 is 77.2 Å². The Balaban J connectivity index is 2.70.